The first-order chi connectivity index (χ1) is 7.59. The lowest BCUT2D eigenvalue weighted by atomic mass is 10.2. The number of carbonyl (C=O) groups is 1. The molecule has 0 aromatic heterocycles. The summed E-state index contributed by atoms with van der Waals surface area (Å²) in [4.78, 5) is 10.4. The molecule has 4 heteroatoms. The van der Waals surface area contributed by atoms with Crippen LogP contribution in [-0.2, 0) is 4.79 Å². The average molecular weight is 224 g/mol. The van der Waals surface area contributed by atoms with E-state index in [1.54, 1.807) is 12.1 Å². The Hall–Kier alpha value is -1.58. The van der Waals surface area contributed by atoms with Gasteiger partial charge in [0, 0.05) is 13.0 Å². The second kappa shape index (κ2) is 6.10. The van der Waals surface area contributed by atoms with Gasteiger partial charge in [0.15, 0.2) is 0 Å². The molecule has 0 radical (unpaired) electrons. The van der Waals surface area contributed by atoms with Crippen LogP contribution in [0.4, 0.5) is 10.1 Å². The number of rotatable bonds is 0. The fourth-order valence-electron chi connectivity index (χ4n) is 1.36. The Morgan fingerprint density at radius 3 is 2.50 bits per heavy atom. The van der Waals surface area contributed by atoms with Gasteiger partial charge in [-0.3, -0.25) is 4.79 Å². The van der Waals surface area contributed by atoms with Crippen molar-refractivity contribution in [2.45, 2.75) is 26.2 Å². The molecular weight excluding hydrogens is 207 g/mol. The van der Waals surface area contributed by atoms with Crippen molar-refractivity contribution in [1.29, 1.82) is 0 Å². The smallest absolute Gasteiger partial charge is 0.219 e. The maximum atomic E-state index is 12.5. The molecular formula is C12H17FN2O. The predicted octanol–water partition coefficient (Wildman–Crippen LogP) is 2.00. The van der Waals surface area contributed by atoms with Crippen LogP contribution in [0.25, 0.3) is 0 Å². The number of hydrogen-bond acceptors (Lipinski definition) is 2. The van der Waals surface area contributed by atoms with E-state index >= 15 is 0 Å². The molecule has 0 saturated carbocycles. The molecule has 88 valence electrons. The van der Waals surface area contributed by atoms with E-state index in [1.165, 1.54) is 6.07 Å². The van der Waals surface area contributed by atoms with Crippen molar-refractivity contribution in [3.63, 3.8) is 0 Å². The van der Waals surface area contributed by atoms with Gasteiger partial charge in [-0.1, -0.05) is 6.07 Å². The van der Waals surface area contributed by atoms with Crippen LogP contribution in [0, 0.1) is 12.7 Å². The molecule has 1 fully saturated rings. The van der Waals surface area contributed by atoms with E-state index in [0.29, 0.717) is 0 Å². The number of aryl methyl sites for hydroxylation is 1. The quantitative estimate of drug-likeness (QED) is 0.662. The third-order valence-electron chi connectivity index (χ3n) is 2.31. The number of amides is 1. The van der Waals surface area contributed by atoms with Crippen LogP contribution in [0.15, 0.2) is 18.2 Å². The first kappa shape index (κ1) is 12.5. The molecule has 0 bridgehead atoms. The highest BCUT2D eigenvalue weighted by Crippen LogP contribution is 2.10. The minimum absolute atomic E-state index is 0.209. The van der Waals surface area contributed by atoms with Gasteiger partial charge in [-0.25, -0.2) is 4.39 Å². The van der Waals surface area contributed by atoms with Crippen LogP contribution in [0.1, 0.15) is 24.8 Å². The van der Waals surface area contributed by atoms with Gasteiger partial charge in [-0.05, 0) is 37.5 Å². The van der Waals surface area contributed by atoms with Gasteiger partial charge in [0.05, 0.1) is 5.69 Å². The van der Waals surface area contributed by atoms with Gasteiger partial charge in [0.1, 0.15) is 5.82 Å². The summed E-state index contributed by atoms with van der Waals surface area (Å²) in [6, 6.07) is 4.75. The summed E-state index contributed by atoms with van der Waals surface area (Å²) in [5.41, 5.74) is 6.31. The molecule has 0 unspecified atom stereocenters. The second-order valence-electron chi connectivity index (χ2n) is 3.83. The first-order valence-electron chi connectivity index (χ1n) is 5.38. The van der Waals surface area contributed by atoms with Crippen molar-refractivity contribution in [2.24, 2.45) is 0 Å². The van der Waals surface area contributed by atoms with E-state index in [9.17, 15) is 9.18 Å². The largest absolute Gasteiger partial charge is 0.396 e. The summed E-state index contributed by atoms with van der Waals surface area (Å²) in [5, 5.41) is 2.74. The number of nitrogens with one attached hydrogen (secondary N) is 1. The molecule has 1 saturated heterocycles. The molecule has 1 amide bonds. The monoisotopic (exact) mass is 224 g/mol. The molecule has 16 heavy (non-hydrogen) atoms. The van der Waals surface area contributed by atoms with Crippen LogP contribution in [-0.4, -0.2) is 12.5 Å². The summed E-state index contributed by atoms with van der Waals surface area (Å²) in [6.45, 7) is 2.71. The molecule has 0 spiro atoms. The van der Waals surface area contributed by atoms with E-state index in [2.05, 4.69) is 5.32 Å². The summed E-state index contributed by atoms with van der Waals surface area (Å²) in [6.07, 6.45) is 2.97. The number of piperidine rings is 1. The predicted molar refractivity (Wildman–Crippen MR) is 62.4 cm³/mol. The molecule has 1 aliphatic rings. The van der Waals surface area contributed by atoms with Gasteiger partial charge in [-0.2, -0.15) is 0 Å². The lowest BCUT2D eigenvalue weighted by Gasteiger charge is -2.08. The number of carbonyl (C=O) groups excluding carboxylic acids is 1. The minimum atomic E-state index is -0.338. The van der Waals surface area contributed by atoms with Crippen LogP contribution >= 0.6 is 0 Å². The van der Waals surface area contributed by atoms with Crippen molar-refractivity contribution in [3.8, 4) is 0 Å². The fraction of sp³-hybridized carbons (Fsp3) is 0.417. The zero-order valence-electron chi connectivity index (χ0n) is 9.42. The van der Waals surface area contributed by atoms with E-state index in [-0.39, 0.29) is 17.4 Å². The Bertz CT molecular complexity index is 358. The Kier molecular flexibility index (Phi) is 4.76. The number of anilines is 1. The Labute approximate surface area is 94.8 Å². The van der Waals surface area contributed by atoms with E-state index in [4.69, 9.17) is 5.73 Å². The number of benzene rings is 1. The Balaban J connectivity index is 0.000000165. The third kappa shape index (κ3) is 4.29. The molecule has 1 aromatic rings. The van der Waals surface area contributed by atoms with Gasteiger partial charge in [-0.15, -0.1) is 0 Å². The van der Waals surface area contributed by atoms with E-state index in [0.717, 1.165) is 31.4 Å². The van der Waals surface area contributed by atoms with Crippen molar-refractivity contribution in [2.75, 3.05) is 12.3 Å². The summed E-state index contributed by atoms with van der Waals surface area (Å²) in [5.74, 6) is -0.124. The van der Waals surface area contributed by atoms with Crippen LogP contribution in [0.5, 0.6) is 0 Å². The summed E-state index contributed by atoms with van der Waals surface area (Å²) >= 11 is 0. The van der Waals surface area contributed by atoms with Crippen LogP contribution in [0.2, 0.25) is 0 Å². The highest BCUT2D eigenvalue weighted by Gasteiger charge is 2.04. The Morgan fingerprint density at radius 1 is 1.38 bits per heavy atom. The lowest BCUT2D eigenvalue weighted by molar-refractivity contribution is -0.122. The molecule has 3 N–H and O–H groups in total. The summed E-state index contributed by atoms with van der Waals surface area (Å²) in [7, 11) is 0. The molecule has 1 aromatic carbocycles. The van der Waals surface area contributed by atoms with Crippen molar-refractivity contribution in [3.05, 3.63) is 29.6 Å². The van der Waals surface area contributed by atoms with Gasteiger partial charge in [0.25, 0.3) is 0 Å². The molecule has 1 heterocycles. The number of nitrogens with two attached hydrogens (primary N) is 1. The lowest BCUT2D eigenvalue weighted by Crippen LogP contribution is -2.28. The SMILES string of the molecule is Cc1ccc(N)c(F)c1.O=C1CCCCN1. The summed E-state index contributed by atoms with van der Waals surface area (Å²) < 4.78 is 12.5. The second-order valence-corrected chi connectivity index (χ2v) is 3.83. The number of hydrogen-bond donors (Lipinski definition) is 2. The van der Waals surface area contributed by atoms with Gasteiger partial charge >= 0.3 is 0 Å². The first-order valence-corrected chi connectivity index (χ1v) is 5.38. The fourth-order valence-corrected chi connectivity index (χ4v) is 1.36. The molecule has 0 aliphatic carbocycles. The average Bonchev–Trinajstić information content (AvgIpc) is 2.26. The highest BCUT2D eigenvalue weighted by atomic mass is 19.1. The maximum absolute atomic E-state index is 12.5. The minimum Gasteiger partial charge on any atom is -0.396 e. The topological polar surface area (TPSA) is 55.1 Å². The standard InChI is InChI=1S/C7H8FN.C5H9NO/c1-5-2-3-7(9)6(8)4-5;7-5-3-1-2-4-6-5/h2-4H,9H2,1H3;1-4H2,(H,6,7). The van der Waals surface area contributed by atoms with Crippen molar-refractivity contribution < 1.29 is 9.18 Å². The zero-order chi connectivity index (χ0) is 12.0. The normalized spacial score (nSPS) is 14.8. The molecule has 2 rings (SSSR count). The van der Waals surface area contributed by atoms with Gasteiger partial charge in [0.2, 0.25) is 5.91 Å². The number of halogens is 1. The van der Waals surface area contributed by atoms with Crippen molar-refractivity contribution >= 4 is 11.6 Å². The van der Waals surface area contributed by atoms with Crippen molar-refractivity contribution in [1.82, 2.24) is 5.32 Å². The van der Waals surface area contributed by atoms with E-state index in [1.807, 2.05) is 6.92 Å². The van der Waals surface area contributed by atoms with Crippen LogP contribution < -0.4 is 11.1 Å². The maximum Gasteiger partial charge on any atom is 0.219 e. The highest BCUT2D eigenvalue weighted by molar-refractivity contribution is 5.76. The van der Waals surface area contributed by atoms with Gasteiger partial charge < -0.3 is 11.1 Å². The molecule has 0 atom stereocenters. The molecule has 3 nitrogen and oxygen atoms in total. The van der Waals surface area contributed by atoms with Crippen LogP contribution in [0.3, 0.4) is 0 Å². The molecule has 1 aliphatic heterocycles. The number of nitrogen functional groups attached to an aromatic ring is 1. The van der Waals surface area contributed by atoms with E-state index < -0.39 is 0 Å². The Morgan fingerprint density at radius 2 is 2.12 bits per heavy atom. The zero-order valence-corrected chi connectivity index (χ0v) is 9.42. The third-order valence-corrected chi connectivity index (χ3v) is 2.31.